The van der Waals surface area contributed by atoms with Gasteiger partial charge in [0.25, 0.3) is 0 Å². The van der Waals surface area contributed by atoms with Crippen LogP contribution in [-0.2, 0) is 16.4 Å². The Kier molecular flexibility index (Phi) is 4.66. The summed E-state index contributed by atoms with van der Waals surface area (Å²) in [5.74, 6) is 0. The van der Waals surface area contributed by atoms with Gasteiger partial charge in [0.2, 0.25) is 0 Å². The van der Waals surface area contributed by atoms with Gasteiger partial charge in [0, 0.05) is 0 Å². The molecule has 0 aliphatic heterocycles. The number of aromatic nitrogens is 1. The van der Waals surface area contributed by atoms with Crippen LogP contribution in [-0.4, -0.2) is 14.7 Å². The van der Waals surface area contributed by atoms with Crippen molar-refractivity contribution < 1.29 is 4.43 Å². The van der Waals surface area contributed by atoms with Gasteiger partial charge in [-0.1, -0.05) is 26.8 Å². The molecule has 0 bridgehead atoms. The highest BCUT2D eigenvalue weighted by atomic mass is 28.2. The molecule has 0 saturated heterocycles. The molecule has 98 valence electrons. The molecule has 1 aromatic rings. The number of hydrogen-bond acceptors (Lipinski definition) is 3. The largest absolute Gasteiger partial charge is 0.413 e. The van der Waals surface area contributed by atoms with E-state index in [1.807, 2.05) is 32.0 Å². The molecule has 0 fully saturated rings. The van der Waals surface area contributed by atoms with Gasteiger partial charge in [0.1, 0.15) is 0 Å². The number of pyridine rings is 1. The molecule has 0 amide bonds. The zero-order chi connectivity index (χ0) is 13.8. The van der Waals surface area contributed by atoms with Crippen molar-refractivity contribution in [3.05, 3.63) is 29.6 Å². The van der Waals surface area contributed by atoms with Crippen LogP contribution in [0.2, 0.25) is 5.04 Å². The van der Waals surface area contributed by atoms with Crippen LogP contribution in [0, 0.1) is 11.3 Å². The van der Waals surface area contributed by atoms with Crippen molar-refractivity contribution in [2.45, 2.75) is 51.7 Å². The Labute approximate surface area is 112 Å². The van der Waals surface area contributed by atoms with Crippen LogP contribution >= 0.6 is 0 Å². The lowest BCUT2D eigenvalue weighted by molar-refractivity contribution is 0.104. The van der Waals surface area contributed by atoms with Crippen molar-refractivity contribution in [3.63, 3.8) is 0 Å². The molecular formula is C14H22N2OSi. The summed E-state index contributed by atoms with van der Waals surface area (Å²) in [5, 5.41) is 8.97. The van der Waals surface area contributed by atoms with Gasteiger partial charge in [0.15, 0.2) is 9.76 Å². The molecule has 0 aromatic carbocycles. The standard InChI is InChI=1S/C14H22N2OSi/c1-13(2,3)18-17-14(4,5)12-8-6-7-11(16-12)9-10-15/h6-8H,9,18H2,1-5H3. The van der Waals surface area contributed by atoms with Crippen LogP contribution in [0.4, 0.5) is 0 Å². The van der Waals surface area contributed by atoms with E-state index in [2.05, 4.69) is 31.8 Å². The molecule has 18 heavy (non-hydrogen) atoms. The second kappa shape index (κ2) is 5.64. The number of nitriles is 1. The Balaban J connectivity index is 2.84. The minimum atomic E-state index is -0.627. The summed E-state index contributed by atoms with van der Waals surface area (Å²) in [5.41, 5.74) is 1.35. The van der Waals surface area contributed by atoms with Gasteiger partial charge < -0.3 is 4.43 Å². The minimum absolute atomic E-state index is 0.265. The minimum Gasteiger partial charge on any atom is -0.413 e. The second-order valence-corrected chi connectivity index (χ2v) is 8.91. The van der Waals surface area contributed by atoms with Crippen LogP contribution in [0.5, 0.6) is 0 Å². The Bertz CT molecular complexity index is 444. The molecular weight excluding hydrogens is 240 g/mol. The van der Waals surface area contributed by atoms with E-state index < -0.39 is 9.76 Å². The first kappa shape index (κ1) is 14.9. The molecule has 1 heterocycles. The van der Waals surface area contributed by atoms with E-state index in [9.17, 15) is 0 Å². The van der Waals surface area contributed by atoms with E-state index in [4.69, 9.17) is 9.69 Å². The van der Waals surface area contributed by atoms with Crippen molar-refractivity contribution in [3.8, 4) is 6.07 Å². The fourth-order valence-corrected chi connectivity index (χ4v) is 2.41. The lowest BCUT2D eigenvalue weighted by atomic mass is 10.0. The van der Waals surface area contributed by atoms with E-state index >= 15 is 0 Å². The first-order valence-corrected chi connectivity index (χ1v) is 7.50. The molecule has 0 atom stereocenters. The first-order valence-electron chi connectivity index (χ1n) is 6.22. The number of rotatable bonds is 4. The summed E-state index contributed by atoms with van der Waals surface area (Å²) in [4.78, 5) is 4.51. The van der Waals surface area contributed by atoms with E-state index in [-0.39, 0.29) is 10.6 Å². The normalized spacial score (nSPS) is 12.9. The first-order chi connectivity index (χ1) is 8.24. The molecule has 1 aromatic heterocycles. The molecule has 4 heteroatoms. The third kappa shape index (κ3) is 4.59. The zero-order valence-corrected chi connectivity index (χ0v) is 13.4. The molecule has 0 aliphatic rings. The summed E-state index contributed by atoms with van der Waals surface area (Å²) in [7, 11) is -0.627. The predicted octanol–water partition coefficient (Wildman–Crippen LogP) is 2.70. The third-order valence-electron chi connectivity index (χ3n) is 2.55. The summed E-state index contributed by atoms with van der Waals surface area (Å²) < 4.78 is 6.11. The maximum Gasteiger partial charge on any atom is 0.168 e. The van der Waals surface area contributed by atoms with Crippen molar-refractivity contribution in [2.75, 3.05) is 0 Å². The fraction of sp³-hybridized carbons (Fsp3) is 0.571. The van der Waals surface area contributed by atoms with E-state index in [0.717, 1.165) is 11.4 Å². The lowest BCUT2D eigenvalue weighted by Gasteiger charge is -2.29. The van der Waals surface area contributed by atoms with E-state index in [1.54, 1.807) is 0 Å². The molecule has 0 saturated carbocycles. The van der Waals surface area contributed by atoms with E-state index in [1.165, 1.54) is 0 Å². The summed E-state index contributed by atoms with van der Waals surface area (Å²) in [6, 6.07) is 7.92. The molecule has 1 rings (SSSR count). The van der Waals surface area contributed by atoms with Gasteiger partial charge in [-0.3, -0.25) is 4.98 Å². The quantitative estimate of drug-likeness (QED) is 0.784. The van der Waals surface area contributed by atoms with Crippen LogP contribution in [0.15, 0.2) is 18.2 Å². The summed E-state index contributed by atoms with van der Waals surface area (Å²) in [6.07, 6.45) is 0.348. The third-order valence-corrected chi connectivity index (χ3v) is 4.28. The van der Waals surface area contributed by atoms with Gasteiger partial charge >= 0.3 is 0 Å². The Morgan fingerprint density at radius 2 is 1.94 bits per heavy atom. The molecule has 3 nitrogen and oxygen atoms in total. The highest BCUT2D eigenvalue weighted by Gasteiger charge is 2.25. The van der Waals surface area contributed by atoms with Gasteiger partial charge in [-0.15, -0.1) is 0 Å². The Morgan fingerprint density at radius 3 is 2.50 bits per heavy atom. The topological polar surface area (TPSA) is 45.9 Å². The Morgan fingerprint density at radius 1 is 1.28 bits per heavy atom. The van der Waals surface area contributed by atoms with Crippen molar-refractivity contribution in [2.24, 2.45) is 0 Å². The van der Waals surface area contributed by atoms with Gasteiger partial charge in [-0.2, -0.15) is 5.26 Å². The van der Waals surface area contributed by atoms with Gasteiger partial charge in [0.05, 0.1) is 29.5 Å². The van der Waals surface area contributed by atoms with Crippen LogP contribution < -0.4 is 0 Å². The van der Waals surface area contributed by atoms with Crippen molar-refractivity contribution in [1.82, 2.24) is 4.98 Å². The fourth-order valence-electron chi connectivity index (χ4n) is 1.47. The van der Waals surface area contributed by atoms with Crippen LogP contribution in [0.25, 0.3) is 0 Å². The zero-order valence-electron chi connectivity index (χ0n) is 11.9. The van der Waals surface area contributed by atoms with Crippen LogP contribution in [0.3, 0.4) is 0 Å². The maximum atomic E-state index is 8.71. The smallest absolute Gasteiger partial charge is 0.168 e. The molecule has 0 N–H and O–H groups in total. The average molecular weight is 262 g/mol. The van der Waals surface area contributed by atoms with E-state index in [0.29, 0.717) is 6.42 Å². The highest BCUT2D eigenvalue weighted by molar-refractivity contribution is 6.31. The Hall–Kier alpha value is -1.18. The maximum absolute atomic E-state index is 8.71. The average Bonchev–Trinajstić information content (AvgIpc) is 2.27. The monoisotopic (exact) mass is 262 g/mol. The van der Waals surface area contributed by atoms with Gasteiger partial charge in [-0.25, -0.2) is 0 Å². The molecule has 0 aliphatic carbocycles. The number of nitrogens with zero attached hydrogens (tertiary/aromatic N) is 2. The number of hydrogen-bond donors (Lipinski definition) is 0. The van der Waals surface area contributed by atoms with Crippen molar-refractivity contribution in [1.29, 1.82) is 5.26 Å². The molecule has 0 spiro atoms. The second-order valence-electron chi connectivity index (χ2n) is 6.21. The predicted molar refractivity (Wildman–Crippen MR) is 75.9 cm³/mol. The van der Waals surface area contributed by atoms with Gasteiger partial charge in [-0.05, 0) is 31.0 Å². The summed E-state index contributed by atoms with van der Waals surface area (Å²) >= 11 is 0. The lowest BCUT2D eigenvalue weighted by Crippen LogP contribution is -2.28. The molecule has 0 unspecified atom stereocenters. The summed E-state index contributed by atoms with van der Waals surface area (Å²) in [6.45, 7) is 10.7. The van der Waals surface area contributed by atoms with Crippen molar-refractivity contribution >= 4 is 9.76 Å². The molecule has 0 radical (unpaired) electrons. The highest BCUT2D eigenvalue weighted by Crippen LogP contribution is 2.28. The SMILES string of the molecule is CC(C)(C)[SiH2]OC(C)(C)c1cccc(CC#N)n1. The van der Waals surface area contributed by atoms with Crippen LogP contribution in [0.1, 0.15) is 46.0 Å².